The van der Waals surface area contributed by atoms with Gasteiger partial charge in [0.2, 0.25) is 30.4 Å². The highest BCUT2D eigenvalue weighted by Gasteiger charge is 2.35. The van der Waals surface area contributed by atoms with Gasteiger partial charge in [-0.05, 0) is 76.6 Å². The van der Waals surface area contributed by atoms with E-state index in [2.05, 4.69) is 87.1 Å². The topological polar surface area (TPSA) is 169 Å². The summed E-state index contributed by atoms with van der Waals surface area (Å²) in [5.41, 5.74) is 12.5. The highest BCUT2D eigenvalue weighted by atomic mass is 16.7. The van der Waals surface area contributed by atoms with E-state index in [-0.39, 0.29) is 73.5 Å². The minimum Gasteiger partial charge on any atom is -0.478 e. The molecule has 0 radical (unpaired) electrons. The first-order valence-corrected chi connectivity index (χ1v) is 21.4. The van der Waals surface area contributed by atoms with Gasteiger partial charge in [-0.3, -0.25) is 19.2 Å². The first kappa shape index (κ1) is 45.0. The Labute approximate surface area is 364 Å². The number of hydrogen-bond donors (Lipinski definition) is 4. The number of nitrogens with one attached hydrogen (secondary N) is 4. The second-order valence-corrected chi connectivity index (χ2v) is 17.0. The summed E-state index contributed by atoms with van der Waals surface area (Å²) in [5, 5.41) is 15.2. The zero-order chi connectivity index (χ0) is 44.5. The minimum absolute atomic E-state index is 0.0691. The van der Waals surface area contributed by atoms with Crippen LogP contribution in [0.5, 0.6) is 17.2 Å². The highest BCUT2D eigenvalue weighted by molar-refractivity contribution is 6.51. The molecule has 0 spiro atoms. The van der Waals surface area contributed by atoms with Crippen molar-refractivity contribution in [2.45, 2.75) is 111 Å². The van der Waals surface area contributed by atoms with Crippen molar-refractivity contribution in [2.24, 2.45) is 16.1 Å². The van der Waals surface area contributed by atoms with Crippen LogP contribution in [0.3, 0.4) is 0 Å². The number of carbonyl (C=O) groups excluding carboxylic acids is 4. The van der Waals surface area contributed by atoms with E-state index in [9.17, 15) is 19.2 Å². The number of carbonyl (C=O) groups is 4. The van der Waals surface area contributed by atoms with Crippen molar-refractivity contribution in [3.63, 3.8) is 0 Å². The summed E-state index contributed by atoms with van der Waals surface area (Å²) in [6, 6.07) is 24.5. The first-order valence-electron chi connectivity index (χ1n) is 21.4. The van der Waals surface area contributed by atoms with Crippen LogP contribution in [0.4, 0.5) is 11.4 Å². The number of amides is 4. The van der Waals surface area contributed by atoms with Crippen LogP contribution < -0.4 is 35.7 Å². The monoisotopic (exact) mass is 842 g/mol. The van der Waals surface area contributed by atoms with Crippen molar-refractivity contribution in [1.29, 1.82) is 0 Å². The number of rotatable bonds is 16. The Bertz CT molecular complexity index is 2340. The summed E-state index contributed by atoms with van der Waals surface area (Å²) >= 11 is 0. The van der Waals surface area contributed by atoms with E-state index >= 15 is 0 Å². The number of nitrogens with zero attached hydrogens (tertiary/aromatic N) is 2. The Hall–Kier alpha value is -6.50. The second-order valence-electron chi connectivity index (χ2n) is 17.0. The van der Waals surface area contributed by atoms with E-state index in [4.69, 9.17) is 14.2 Å². The average molecular weight is 843 g/mol. The Kier molecular flexibility index (Phi) is 14.8. The number of para-hydroxylation sites is 3. The molecular formula is C49H58N6O7. The molecule has 4 amide bonds. The van der Waals surface area contributed by atoms with Gasteiger partial charge in [0.15, 0.2) is 17.6 Å². The molecule has 13 heteroatoms. The normalized spacial score (nSPS) is 15.5. The molecule has 2 aliphatic heterocycles. The Balaban J connectivity index is 1.21. The summed E-state index contributed by atoms with van der Waals surface area (Å²) in [6.07, 6.45) is -0.552. The molecule has 0 aliphatic carbocycles. The van der Waals surface area contributed by atoms with Crippen LogP contribution in [0.1, 0.15) is 138 Å². The number of ether oxygens (including phenoxy) is 3. The van der Waals surface area contributed by atoms with Crippen LogP contribution in [0, 0.1) is 5.92 Å². The minimum atomic E-state index is -0.910. The van der Waals surface area contributed by atoms with Crippen LogP contribution in [0.25, 0.3) is 0 Å². The van der Waals surface area contributed by atoms with Crippen LogP contribution in [0.15, 0.2) is 89.1 Å². The Morgan fingerprint density at radius 3 is 1.77 bits per heavy atom. The molecule has 4 aromatic carbocycles. The molecule has 0 saturated carbocycles. The lowest BCUT2D eigenvalue weighted by Crippen LogP contribution is -2.37. The van der Waals surface area contributed by atoms with E-state index < -0.39 is 17.9 Å². The van der Waals surface area contributed by atoms with Crippen molar-refractivity contribution in [1.82, 2.24) is 10.9 Å². The summed E-state index contributed by atoms with van der Waals surface area (Å²) in [5.74, 6) is 0.910. The smallest absolute Gasteiger partial charge is 0.240 e. The van der Waals surface area contributed by atoms with E-state index in [0.717, 1.165) is 40.0 Å². The Morgan fingerprint density at radius 1 is 0.597 bits per heavy atom. The molecule has 4 N–H and O–H groups in total. The van der Waals surface area contributed by atoms with Gasteiger partial charge in [0.25, 0.3) is 0 Å². The lowest BCUT2D eigenvalue weighted by Gasteiger charge is -2.29. The maximum absolute atomic E-state index is 13.4. The largest absolute Gasteiger partial charge is 0.478 e. The van der Waals surface area contributed by atoms with Crippen molar-refractivity contribution in [3.05, 3.63) is 112 Å². The molecule has 2 aliphatic rings. The zero-order valence-electron chi connectivity index (χ0n) is 36.9. The molecule has 0 bridgehead atoms. The fraction of sp³-hybridized carbons (Fsp3) is 0.388. The predicted octanol–water partition coefficient (Wildman–Crippen LogP) is 9.25. The maximum atomic E-state index is 13.4. The molecule has 2 heterocycles. The van der Waals surface area contributed by atoms with Crippen LogP contribution in [0.2, 0.25) is 0 Å². The third-order valence-electron chi connectivity index (χ3n) is 10.7. The molecule has 0 fully saturated rings. The van der Waals surface area contributed by atoms with Gasteiger partial charge < -0.3 is 24.8 Å². The van der Waals surface area contributed by atoms with E-state index in [1.807, 2.05) is 42.5 Å². The van der Waals surface area contributed by atoms with Gasteiger partial charge in [0.1, 0.15) is 17.2 Å². The maximum Gasteiger partial charge on any atom is 0.240 e. The van der Waals surface area contributed by atoms with Crippen LogP contribution in [-0.2, 0) is 25.6 Å². The Morgan fingerprint density at radius 2 is 1.15 bits per heavy atom. The van der Waals surface area contributed by atoms with E-state index in [1.54, 1.807) is 36.4 Å². The third kappa shape index (κ3) is 11.1. The molecule has 4 aromatic rings. The van der Waals surface area contributed by atoms with Gasteiger partial charge in [-0.2, -0.15) is 10.2 Å². The molecule has 6 rings (SSSR count). The average Bonchev–Trinajstić information content (AvgIpc) is 3.71. The third-order valence-corrected chi connectivity index (χ3v) is 10.7. The number of anilines is 2. The number of benzene rings is 4. The predicted molar refractivity (Wildman–Crippen MR) is 242 cm³/mol. The molecule has 0 saturated heterocycles. The molecule has 13 nitrogen and oxygen atoms in total. The van der Waals surface area contributed by atoms with Crippen molar-refractivity contribution in [2.75, 3.05) is 17.4 Å². The summed E-state index contributed by atoms with van der Waals surface area (Å²) in [7, 11) is 0. The number of hydrazone groups is 2. The van der Waals surface area contributed by atoms with Crippen LogP contribution in [-0.4, -0.2) is 41.8 Å². The number of hydrogen-bond acceptors (Lipinski definition) is 9. The molecule has 1 atom stereocenters. The van der Waals surface area contributed by atoms with Gasteiger partial charge in [-0.15, -0.1) is 0 Å². The van der Waals surface area contributed by atoms with Gasteiger partial charge in [0.05, 0.1) is 0 Å². The standard InChI is InChI=1S/C49H58N6O7/c1-28(2)25-32-13-11-15-34(29(3)4)45(32)50-41(56)21-23-43(58)52-54-47-37-14-9-10-18-38(37)62-49(33-19-20-39-40(26-33)61-27-60-39)48(47)55-53-44(59)24-22-42(57)51-46-35(30(5)6)16-12-17-36(46)31(7)8/h9-20,26,28-31,49H,21-25,27H2,1-8H3,(H,50,56)(H,51,57)(H,52,58)(H,53,59)/b54-47-,55-48+/t49-/m1/s1. The lowest BCUT2D eigenvalue weighted by molar-refractivity contribution is -0.124. The van der Waals surface area contributed by atoms with Gasteiger partial charge in [-0.25, -0.2) is 10.9 Å². The number of fused-ring (bicyclic) bond motifs is 2. The van der Waals surface area contributed by atoms with Crippen molar-refractivity contribution in [3.8, 4) is 17.2 Å². The summed E-state index contributed by atoms with van der Waals surface area (Å²) < 4.78 is 17.7. The van der Waals surface area contributed by atoms with Gasteiger partial charge in [0, 0.05) is 48.2 Å². The van der Waals surface area contributed by atoms with E-state index in [0.29, 0.717) is 34.3 Å². The quantitative estimate of drug-likeness (QED) is 0.0816. The fourth-order valence-electron chi connectivity index (χ4n) is 7.51. The fourth-order valence-corrected chi connectivity index (χ4v) is 7.51. The molecule has 0 aromatic heterocycles. The molecule has 326 valence electrons. The van der Waals surface area contributed by atoms with Gasteiger partial charge in [-0.1, -0.05) is 110 Å². The van der Waals surface area contributed by atoms with Crippen molar-refractivity contribution >= 4 is 46.4 Å². The van der Waals surface area contributed by atoms with Gasteiger partial charge >= 0.3 is 0 Å². The summed E-state index contributed by atoms with van der Waals surface area (Å²) in [4.78, 5) is 53.4. The first-order chi connectivity index (χ1) is 29.7. The zero-order valence-corrected chi connectivity index (χ0v) is 36.9. The second kappa shape index (κ2) is 20.4. The highest BCUT2D eigenvalue weighted by Crippen LogP contribution is 2.39. The molecule has 62 heavy (non-hydrogen) atoms. The van der Waals surface area contributed by atoms with Crippen LogP contribution >= 0.6 is 0 Å². The van der Waals surface area contributed by atoms with E-state index in [1.165, 1.54) is 0 Å². The molecular weight excluding hydrogens is 785 g/mol. The SMILES string of the molecule is CC(C)Cc1cccc(C(C)C)c1NC(=O)CCC(=O)N/N=C1\C(=N/NC(=O)CCC(=O)Nc2c(C(C)C)cccc2C(C)C)[C@@H](c2ccc3c(c2)OCO3)Oc2ccccc21. The summed E-state index contributed by atoms with van der Waals surface area (Å²) in [6.45, 7) is 16.8. The lowest BCUT2D eigenvalue weighted by atomic mass is 9.92. The van der Waals surface area contributed by atoms with Crippen molar-refractivity contribution < 1.29 is 33.4 Å². The molecule has 0 unspecified atom stereocenters.